The second-order valence-corrected chi connectivity index (χ2v) is 28.7. The first-order valence-corrected chi connectivity index (χ1v) is 34.0. The highest BCUT2D eigenvalue weighted by molar-refractivity contribution is 7.01. The molecule has 0 saturated carbocycles. The van der Waals surface area contributed by atoms with Gasteiger partial charge in [-0.2, -0.15) is 0 Å². The van der Waals surface area contributed by atoms with Crippen LogP contribution in [0.3, 0.4) is 0 Å². The lowest BCUT2D eigenvalue weighted by Crippen LogP contribution is -2.58. The first-order valence-electron chi connectivity index (χ1n) is 34.0. The number of hydrogen-bond donors (Lipinski definition) is 0. The summed E-state index contributed by atoms with van der Waals surface area (Å²) < 4.78 is 26.8. The summed E-state index contributed by atoms with van der Waals surface area (Å²) in [7, 11) is 0. The lowest BCUT2D eigenvalue weighted by atomic mass is 9.31. The number of rotatable bonds is 14. The molecule has 0 N–H and O–H groups in total. The molecule has 8 heteroatoms. The molecular weight excluding hydrogens is 1150 g/mol. The van der Waals surface area contributed by atoms with Gasteiger partial charge in [0.1, 0.15) is 36.2 Å². The molecular formula is C86H76B2O6. The molecule has 0 radical (unpaired) electrons. The van der Waals surface area contributed by atoms with Crippen molar-refractivity contribution >= 4 is 90.5 Å². The lowest BCUT2D eigenvalue weighted by molar-refractivity contribution is 0.0464. The molecule has 16 rings (SSSR count). The van der Waals surface area contributed by atoms with Gasteiger partial charge >= 0.3 is 11.9 Å². The number of carbonyl (C=O) groups is 2. The molecule has 0 unspecified atom stereocenters. The predicted molar refractivity (Wildman–Crippen MR) is 390 cm³/mol. The van der Waals surface area contributed by atoms with E-state index in [4.69, 9.17) is 18.9 Å². The van der Waals surface area contributed by atoms with Crippen LogP contribution >= 0.6 is 0 Å². The van der Waals surface area contributed by atoms with Gasteiger partial charge in [0.05, 0.1) is 11.1 Å². The van der Waals surface area contributed by atoms with Crippen LogP contribution < -0.4 is 42.3 Å². The summed E-state index contributed by atoms with van der Waals surface area (Å²) in [5.74, 6) is 3.29. The summed E-state index contributed by atoms with van der Waals surface area (Å²) in [6, 6.07) is 64.9. The Hall–Kier alpha value is -9.65. The molecule has 12 aromatic rings. The van der Waals surface area contributed by atoms with Gasteiger partial charge in [-0.25, -0.2) is 9.59 Å². The summed E-state index contributed by atoms with van der Waals surface area (Å²) in [5, 5.41) is 7.05. The zero-order valence-electron chi connectivity index (χ0n) is 55.8. The fourth-order valence-electron chi connectivity index (χ4n) is 16.2. The molecule has 4 aliphatic heterocycles. The number of ether oxygens (including phenoxy) is 4. The van der Waals surface area contributed by atoms with Gasteiger partial charge in [0, 0.05) is 0 Å². The fraction of sp³-hybridized carbons (Fsp3) is 0.233. The van der Waals surface area contributed by atoms with Crippen molar-refractivity contribution in [3.63, 3.8) is 0 Å². The van der Waals surface area contributed by atoms with Crippen molar-refractivity contribution in [1.29, 1.82) is 0 Å². The van der Waals surface area contributed by atoms with E-state index in [1.54, 1.807) is 0 Å². The molecule has 0 atom stereocenters. The van der Waals surface area contributed by atoms with Crippen LogP contribution in [-0.2, 0) is 22.7 Å². The Morgan fingerprint density at radius 3 is 1.04 bits per heavy atom. The Bertz CT molecular complexity index is 4770. The SMILES string of the molecule is CC(C)c1cc(C(C)C)c(-c2cc3c4c(cc5c(-c6c(C(C)C)cc(C(C)C)cc6C(C)C)cc6c7c(cc2c4c57)B2c4ccccc4Oc4cc(C(=O)OCc5ccccc5)cc-6c42)B2c4ccccc4Oc4cc(C(=O)OCc5ccccc5)cc-3c42)c(C(C)C)c1. The molecule has 12 aromatic carbocycles. The van der Waals surface area contributed by atoms with Crippen LogP contribution in [0.2, 0.25) is 0 Å². The zero-order chi connectivity index (χ0) is 64.9. The zero-order valence-corrected chi connectivity index (χ0v) is 55.8. The molecule has 0 amide bonds. The minimum absolute atomic E-state index is 0.136. The molecule has 0 aliphatic carbocycles. The van der Waals surface area contributed by atoms with Gasteiger partial charge in [-0.1, -0.05) is 227 Å². The van der Waals surface area contributed by atoms with Crippen molar-refractivity contribution < 1.29 is 28.5 Å². The van der Waals surface area contributed by atoms with Crippen LogP contribution in [0.5, 0.6) is 23.0 Å². The third-order valence-corrected chi connectivity index (χ3v) is 20.8. The highest BCUT2D eigenvalue weighted by Crippen LogP contribution is 2.54. The molecule has 94 heavy (non-hydrogen) atoms. The highest BCUT2D eigenvalue weighted by Gasteiger charge is 2.46. The van der Waals surface area contributed by atoms with Crippen molar-refractivity contribution in [3.8, 4) is 67.5 Å². The van der Waals surface area contributed by atoms with Gasteiger partial charge in [-0.05, 0) is 227 Å². The number of carbonyl (C=O) groups excluding carboxylic acids is 2. The molecule has 0 saturated heterocycles. The molecule has 462 valence electrons. The van der Waals surface area contributed by atoms with E-state index < -0.39 is 11.9 Å². The van der Waals surface area contributed by atoms with E-state index >= 15 is 0 Å². The molecule has 4 aliphatic rings. The van der Waals surface area contributed by atoms with Crippen molar-refractivity contribution in [3.05, 3.63) is 238 Å². The van der Waals surface area contributed by atoms with Crippen molar-refractivity contribution in [2.45, 2.75) is 132 Å². The van der Waals surface area contributed by atoms with Crippen LogP contribution in [0.1, 0.15) is 184 Å². The minimum Gasteiger partial charge on any atom is -0.458 e. The van der Waals surface area contributed by atoms with Gasteiger partial charge < -0.3 is 18.9 Å². The van der Waals surface area contributed by atoms with Gasteiger partial charge in [0.25, 0.3) is 13.4 Å². The topological polar surface area (TPSA) is 71.1 Å². The van der Waals surface area contributed by atoms with E-state index in [-0.39, 0.29) is 50.3 Å². The van der Waals surface area contributed by atoms with Crippen LogP contribution in [0.25, 0.3) is 76.8 Å². The van der Waals surface area contributed by atoms with E-state index in [0.29, 0.717) is 34.5 Å². The number of esters is 2. The van der Waals surface area contributed by atoms with Crippen molar-refractivity contribution in [1.82, 2.24) is 0 Å². The number of fused-ring (bicyclic) bond motifs is 8. The highest BCUT2D eigenvalue weighted by atomic mass is 16.5. The van der Waals surface area contributed by atoms with Gasteiger partial charge in [-0.3, -0.25) is 0 Å². The third kappa shape index (κ3) is 9.28. The molecule has 0 spiro atoms. The maximum atomic E-state index is 14.9. The second-order valence-electron chi connectivity index (χ2n) is 28.7. The molecule has 0 aromatic heterocycles. The molecule has 0 bridgehead atoms. The average molecular weight is 1230 g/mol. The lowest BCUT2D eigenvalue weighted by Gasteiger charge is -2.38. The standard InChI is InChI=1S/C86H76B2O6/c1-45(2)53-31-57(47(5)6)77(58(32-53)48(7)8)61-39-63-67-35-55(85(89)91-43-51-23-15-13-16-24-51)37-75-83(67)88(70-28-20-22-30-74(70)93-75)72-42-66-62(78-59(49(9)10)33-54(46(3)4)34-60(78)50(11)12)40-64-68-36-56(86(90)92-44-52-25-17-14-18-26-52)38-76-84(68)87(69-27-19-21-29-73(69)94-76)71-41-65(61)81(79(63)72)82(66)80(64)71/h13-42,45-50H,43-44H2,1-12H3. The number of benzene rings is 12. The van der Waals surface area contributed by atoms with Crippen LogP contribution in [0, 0.1) is 0 Å². The normalized spacial score (nSPS) is 13.1. The molecule has 0 fully saturated rings. The summed E-state index contributed by atoms with van der Waals surface area (Å²) in [5.41, 5.74) is 26.1. The monoisotopic (exact) mass is 1230 g/mol. The molecule has 4 heterocycles. The summed E-state index contributed by atoms with van der Waals surface area (Å²) >= 11 is 0. The van der Waals surface area contributed by atoms with E-state index in [1.807, 2.05) is 84.9 Å². The Balaban J connectivity index is 1.12. The van der Waals surface area contributed by atoms with E-state index in [9.17, 15) is 9.59 Å². The van der Waals surface area contributed by atoms with Crippen LogP contribution in [0.4, 0.5) is 0 Å². The van der Waals surface area contributed by atoms with E-state index in [2.05, 4.69) is 180 Å². The summed E-state index contributed by atoms with van der Waals surface area (Å²) in [4.78, 5) is 29.8. The van der Waals surface area contributed by atoms with Crippen LogP contribution in [-0.4, -0.2) is 25.4 Å². The fourth-order valence-corrected chi connectivity index (χ4v) is 16.2. The average Bonchev–Trinajstić information content (AvgIpc) is 0.666. The number of hydrogen-bond acceptors (Lipinski definition) is 6. The Labute approximate surface area is 552 Å². The van der Waals surface area contributed by atoms with Crippen molar-refractivity contribution in [2.75, 3.05) is 0 Å². The largest absolute Gasteiger partial charge is 0.458 e. The maximum absolute atomic E-state index is 14.9. The smallest absolute Gasteiger partial charge is 0.338 e. The minimum atomic E-state index is -0.413. The second kappa shape index (κ2) is 22.5. The van der Waals surface area contributed by atoms with Gasteiger partial charge in [0.2, 0.25) is 0 Å². The molecule has 6 nitrogen and oxygen atoms in total. The van der Waals surface area contributed by atoms with Crippen molar-refractivity contribution in [2.24, 2.45) is 0 Å². The third-order valence-electron chi connectivity index (χ3n) is 20.8. The number of para-hydroxylation sites is 2. The van der Waals surface area contributed by atoms with Crippen LogP contribution in [0.15, 0.2) is 182 Å². The van der Waals surface area contributed by atoms with Gasteiger partial charge in [-0.15, -0.1) is 0 Å². The summed E-state index contributed by atoms with van der Waals surface area (Å²) in [6.45, 7) is 27.7. The predicted octanol–water partition coefficient (Wildman–Crippen LogP) is 18.6. The Morgan fingerprint density at radius 1 is 0.340 bits per heavy atom. The first-order chi connectivity index (χ1) is 45.4. The van der Waals surface area contributed by atoms with E-state index in [0.717, 1.165) is 88.6 Å². The first kappa shape index (κ1) is 59.4. The maximum Gasteiger partial charge on any atom is 0.338 e. The quantitative estimate of drug-likeness (QED) is 0.0614. The van der Waals surface area contributed by atoms with Gasteiger partial charge in [0.15, 0.2) is 0 Å². The Kier molecular flexibility index (Phi) is 14.2. The van der Waals surface area contributed by atoms with E-state index in [1.165, 1.54) is 77.0 Å². The summed E-state index contributed by atoms with van der Waals surface area (Å²) in [6.07, 6.45) is 0. The Morgan fingerprint density at radius 2 is 0.691 bits per heavy atom.